The SMILES string of the molecule is N#CCN(CCC(=O)O)C(=O)C(F)(F)F. The molecule has 0 unspecified atom stereocenters. The lowest BCUT2D eigenvalue weighted by Gasteiger charge is -2.19. The molecule has 5 nitrogen and oxygen atoms in total. The van der Waals surface area contributed by atoms with Gasteiger partial charge in [-0.1, -0.05) is 0 Å². The molecular formula is C7H7F3N2O3. The molecule has 0 aliphatic rings. The van der Waals surface area contributed by atoms with Gasteiger partial charge in [-0.05, 0) is 0 Å². The molecule has 0 radical (unpaired) electrons. The van der Waals surface area contributed by atoms with Crippen molar-refractivity contribution in [3.63, 3.8) is 0 Å². The standard InChI is InChI=1S/C7H7F3N2O3/c8-7(9,10)6(15)12(4-2-11)3-1-5(13)14/h1,3-4H2,(H,13,14). The summed E-state index contributed by atoms with van der Waals surface area (Å²) in [6, 6.07) is 1.36. The van der Waals surface area contributed by atoms with Gasteiger partial charge < -0.3 is 10.0 Å². The van der Waals surface area contributed by atoms with Gasteiger partial charge in [0.25, 0.3) is 0 Å². The Morgan fingerprint density at radius 3 is 2.27 bits per heavy atom. The number of aliphatic carboxylic acids is 1. The monoisotopic (exact) mass is 224 g/mol. The quantitative estimate of drug-likeness (QED) is 0.699. The van der Waals surface area contributed by atoms with Crippen LogP contribution in [0.5, 0.6) is 0 Å². The predicted octanol–water partition coefficient (Wildman–Crippen LogP) is 0.376. The zero-order valence-electron chi connectivity index (χ0n) is 7.41. The van der Waals surface area contributed by atoms with Crippen molar-refractivity contribution in [2.24, 2.45) is 0 Å². The van der Waals surface area contributed by atoms with Crippen molar-refractivity contribution in [1.82, 2.24) is 4.90 Å². The van der Waals surface area contributed by atoms with E-state index in [-0.39, 0.29) is 4.90 Å². The lowest BCUT2D eigenvalue weighted by Crippen LogP contribution is -2.42. The molecule has 0 spiro atoms. The third-order valence-electron chi connectivity index (χ3n) is 1.39. The topological polar surface area (TPSA) is 81.4 Å². The number of nitriles is 1. The Morgan fingerprint density at radius 1 is 1.40 bits per heavy atom. The number of carbonyl (C=O) groups is 2. The summed E-state index contributed by atoms with van der Waals surface area (Å²) in [6.45, 7) is -1.42. The summed E-state index contributed by atoms with van der Waals surface area (Å²) in [7, 11) is 0. The molecule has 1 amide bonds. The summed E-state index contributed by atoms with van der Waals surface area (Å²) < 4.78 is 35.7. The molecule has 0 saturated heterocycles. The Hall–Kier alpha value is -1.78. The molecular weight excluding hydrogens is 217 g/mol. The van der Waals surface area contributed by atoms with E-state index in [4.69, 9.17) is 10.4 Å². The molecule has 0 aromatic heterocycles. The molecule has 0 aliphatic carbocycles. The van der Waals surface area contributed by atoms with E-state index in [0.29, 0.717) is 0 Å². The summed E-state index contributed by atoms with van der Waals surface area (Å²) >= 11 is 0. The van der Waals surface area contributed by atoms with Gasteiger partial charge in [0.2, 0.25) is 0 Å². The van der Waals surface area contributed by atoms with Crippen LogP contribution in [-0.2, 0) is 9.59 Å². The average molecular weight is 224 g/mol. The Morgan fingerprint density at radius 2 is 1.93 bits per heavy atom. The molecule has 0 atom stereocenters. The number of halogens is 3. The molecule has 0 saturated carbocycles. The zero-order valence-corrected chi connectivity index (χ0v) is 7.41. The van der Waals surface area contributed by atoms with E-state index in [1.54, 1.807) is 0 Å². The minimum Gasteiger partial charge on any atom is -0.481 e. The summed E-state index contributed by atoms with van der Waals surface area (Å²) in [4.78, 5) is 20.8. The van der Waals surface area contributed by atoms with Crippen LogP contribution in [0.3, 0.4) is 0 Å². The van der Waals surface area contributed by atoms with E-state index in [2.05, 4.69) is 0 Å². The van der Waals surface area contributed by atoms with Crippen LogP contribution in [0.1, 0.15) is 6.42 Å². The highest BCUT2D eigenvalue weighted by molar-refractivity contribution is 5.82. The fraction of sp³-hybridized carbons (Fsp3) is 0.571. The lowest BCUT2D eigenvalue weighted by molar-refractivity contribution is -0.185. The second kappa shape index (κ2) is 5.19. The van der Waals surface area contributed by atoms with Crippen LogP contribution < -0.4 is 0 Å². The highest BCUT2D eigenvalue weighted by Crippen LogP contribution is 2.18. The van der Waals surface area contributed by atoms with Gasteiger partial charge in [0.1, 0.15) is 6.54 Å². The zero-order chi connectivity index (χ0) is 12.1. The minimum absolute atomic E-state index is 0.147. The molecule has 84 valence electrons. The van der Waals surface area contributed by atoms with Crippen molar-refractivity contribution in [3.8, 4) is 6.07 Å². The average Bonchev–Trinajstić information content (AvgIpc) is 2.09. The maximum atomic E-state index is 11.9. The van der Waals surface area contributed by atoms with E-state index in [1.165, 1.54) is 6.07 Å². The largest absolute Gasteiger partial charge is 0.481 e. The van der Waals surface area contributed by atoms with Gasteiger partial charge in [-0.2, -0.15) is 18.4 Å². The number of amides is 1. The highest BCUT2D eigenvalue weighted by Gasteiger charge is 2.42. The second-order valence-electron chi connectivity index (χ2n) is 2.53. The third kappa shape index (κ3) is 4.85. The first-order valence-corrected chi connectivity index (χ1v) is 3.74. The molecule has 0 aromatic rings. The van der Waals surface area contributed by atoms with Crippen LogP contribution in [0.2, 0.25) is 0 Å². The first-order chi connectivity index (χ1) is 6.79. The van der Waals surface area contributed by atoms with Crippen LogP contribution in [0, 0.1) is 11.3 Å². The van der Waals surface area contributed by atoms with E-state index >= 15 is 0 Å². The van der Waals surface area contributed by atoms with Crippen molar-refractivity contribution in [2.75, 3.05) is 13.1 Å². The van der Waals surface area contributed by atoms with Crippen molar-refractivity contribution in [3.05, 3.63) is 0 Å². The maximum absolute atomic E-state index is 11.9. The molecule has 0 bridgehead atoms. The Bertz CT molecular complexity index is 295. The van der Waals surface area contributed by atoms with Gasteiger partial charge >= 0.3 is 18.1 Å². The first kappa shape index (κ1) is 13.2. The number of carbonyl (C=O) groups excluding carboxylic acids is 1. The van der Waals surface area contributed by atoms with Gasteiger partial charge in [-0.25, -0.2) is 0 Å². The summed E-state index contributed by atoms with van der Waals surface area (Å²) in [5.41, 5.74) is 0. The minimum atomic E-state index is -5.09. The smallest absolute Gasteiger partial charge is 0.471 e. The van der Waals surface area contributed by atoms with Crippen LogP contribution in [0.25, 0.3) is 0 Å². The normalized spacial score (nSPS) is 10.5. The Balaban J connectivity index is 4.47. The van der Waals surface area contributed by atoms with Crippen LogP contribution in [-0.4, -0.2) is 41.1 Å². The molecule has 1 N–H and O–H groups in total. The van der Waals surface area contributed by atoms with Crippen LogP contribution >= 0.6 is 0 Å². The van der Waals surface area contributed by atoms with Crippen LogP contribution in [0.15, 0.2) is 0 Å². The van der Waals surface area contributed by atoms with Gasteiger partial charge in [0, 0.05) is 6.54 Å². The molecule has 0 fully saturated rings. The maximum Gasteiger partial charge on any atom is 0.471 e. The van der Waals surface area contributed by atoms with Crippen molar-refractivity contribution >= 4 is 11.9 Å². The van der Waals surface area contributed by atoms with Gasteiger partial charge in [0.05, 0.1) is 12.5 Å². The fourth-order valence-electron chi connectivity index (χ4n) is 0.748. The fourth-order valence-corrected chi connectivity index (χ4v) is 0.748. The number of alkyl halides is 3. The molecule has 15 heavy (non-hydrogen) atoms. The molecule has 0 aromatic carbocycles. The van der Waals surface area contributed by atoms with E-state index < -0.39 is 37.6 Å². The van der Waals surface area contributed by atoms with Gasteiger partial charge in [-0.15, -0.1) is 0 Å². The third-order valence-corrected chi connectivity index (χ3v) is 1.39. The predicted molar refractivity (Wildman–Crippen MR) is 40.5 cm³/mol. The molecule has 0 aliphatic heterocycles. The van der Waals surface area contributed by atoms with Crippen molar-refractivity contribution in [2.45, 2.75) is 12.6 Å². The van der Waals surface area contributed by atoms with Crippen molar-refractivity contribution < 1.29 is 27.9 Å². The van der Waals surface area contributed by atoms with E-state index in [0.717, 1.165) is 0 Å². The Kier molecular flexibility index (Phi) is 4.57. The second-order valence-corrected chi connectivity index (χ2v) is 2.53. The highest BCUT2D eigenvalue weighted by atomic mass is 19.4. The summed E-state index contributed by atoms with van der Waals surface area (Å²) in [5.74, 6) is -3.54. The number of rotatable bonds is 4. The number of carboxylic acid groups (broad SMARTS) is 1. The van der Waals surface area contributed by atoms with E-state index in [9.17, 15) is 22.8 Å². The van der Waals surface area contributed by atoms with Crippen LogP contribution in [0.4, 0.5) is 13.2 Å². The Labute approximate surface area is 82.7 Å². The number of nitrogens with zero attached hydrogens (tertiary/aromatic N) is 2. The summed E-state index contributed by atoms with van der Waals surface area (Å²) in [6.07, 6.45) is -5.72. The number of hydrogen-bond donors (Lipinski definition) is 1. The van der Waals surface area contributed by atoms with Crippen molar-refractivity contribution in [1.29, 1.82) is 5.26 Å². The molecule has 0 heterocycles. The number of hydrogen-bond acceptors (Lipinski definition) is 3. The number of carboxylic acids is 1. The van der Waals surface area contributed by atoms with Gasteiger partial charge in [0.15, 0.2) is 0 Å². The first-order valence-electron chi connectivity index (χ1n) is 3.74. The lowest BCUT2D eigenvalue weighted by atomic mass is 10.3. The summed E-state index contributed by atoms with van der Waals surface area (Å²) in [5, 5.41) is 16.4. The van der Waals surface area contributed by atoms with Gasteiger partial charge in [-0.3, -0.25) is 9.59 Å². The molecule has 8 heteroatoms. The van der Waals surface area contributed by atoms with E-state index in [1.807, 2.05) is 0 Å². The molecule has 0 rings (SSSR count).